The van der Waals surface area contributed by atoms with Crippen LogP contribution in [0.15, 0.2) is 34.8 Å². The maximum absolute atomic E-state index is 14.0. The molecule has 0 aliphatic carbocycles. The van der Waals surface area contributed by atoms with Crippen LogP contribution in [0.5, 0.6) is 5.75 Å². The van der Waals surface area contributed by atoms with Gasteiger partial charge in [-0.2, -0.15) is 0 Å². The molecule has 0 saturated carbocycles. The van der Waals surface area contributed by atoms with E-state index in [-0.39, 0.29) is 11.3 Å². The third kappa shape index (κ3) is 2.24. The molecule has 20 heavy (non-hydrogen) atoms. The highest BCUT2D eigenvalue weighted by Gasteiger charge is 2.24. The first-order valence-corrected chi connectivity index (χ1v) is 7.11. The fourth-order valence-corrected chi connectivity index (χ4v) is 2.89. The van der Waals surface area contributed by atoms with E-state index in [1.807, 2.05) is 6.07 Å². The van der Waals surface area contributed by atoms with Crippen molar-refractivity contribution in [2.24, 2.45) is 0 Å². The molecule has 102 valence electrons. The molecule has 1 heterocycles. The number of benzene rings is 2. The molecule has 2 nitrogen and oxygen atoms in total. The lowest BCUT2D eigenvalue weighted by molar-refractivity contribution is 0.103. The zero-order valence-corrected chi connectivity index (χ0v) is 12.5. The van der Waals surface area contributed by atoms with Gasteiger partial charge in [-0.05, 0) is 42.3 Å². The fourth-order valence-electron chi connectivity index (χ4n) is 2.39. The number of hydrogen-bond donors (Lipinski definition) is 0. The summed E-state index contributed by atoms with van der Waals surface area (Å²) in [5.74, 6) is -0.262. The van der Waals surface area contributed by atoms with Crippen molar-refractivity contribution in [3.8, 4) is 5.75 Å². The largest absolute Gasteiger partial charge is 0.492 e. The van der Waals surface area contributed by atoms with Gasteiger partial charge in [-0.25, -0.2) is 4.39 Å². The van der Waals surface area contributed by atoms with Gasteiger partial charge >= 0.3 is 0 Å². The summed E-state index contributed by atoms with van der Waals surface area (Å²) in [7, 11) is 0. The Morgan fingerprint density at radius 1 is 1.25 bits per heavy atom. The molecule has 0 bridgehead atoms. The molecule has 0 amide bonds. The average Bonchev–Trinajstić information content (AvgIpc) is 2.85. The third-order valence-electron chi connectivity index (χ3n) is 3.36. The molecule has 0 saturated heterocycles. The maximum atomic E-state index is 14.0. The van der Waals surface area contributed by atoms with Crippen molar-refractivity contribution in [1.29, 1.82) is 0 Å². The molecule has 0 aromatic heterocycles. The first kappa shape index (κ1) is 13.3. The summed E-state index contributed by atoms with van der Waals surface area (Å²) < 4.78 is 20.3. The molecule has 0 radical (unpaired) electrons. The van der Waals surface area contributed by atoms with Crippen LogP contribution in [0.1, 0.15) is 27.0 Å². The van der Waals surface area contributed by atoms with Crippen molar-refractivity contribution in [1.82, 2.24) is 0 Å². The monoisotopic (exact) mass is 334 g/mol. The molecule has 2 aromatic carbocycles. The fraction of sp³-hybridized carbons (Fsp3) is 0.188. The molecule has 3 rings (SSSR count). The van der Waals surface area contributed by atoms with Crippen molar-refractivity contribution >= 4 is 21.7 Å². The van der Waals surface area contributed by atoms with Gasteiger partial charge in [0, 0.05) is 10.9 Å². The lowest BCUT2D eigenvalue weighted by Gasteiger charge is -2.09. The lowest BCUT2D eigenvalue weighted by atomic mass is 9.98. The molecule has 2 aromatic rings. The minimum absolute atomic E-state index is 0.0754. The standard InChI is InChI=1S/C16H12BrFO2/c1-9-2-3-12(14(18)6-9)15(19)13-8-11(17)7-10-4-5-20-16(10)13/h2-3,6-8H,4-5H2,1H3. The normalized spacial score (nSPS) is 12.9. The Hall–Kier alpha value is -1.68. The lowest BCUT2D eigenvalue weighted by Crippen LogP contribution is -2.06. The van der Waals surface area contributed by atoms with Crippen LogP contribution >= 0.6 is 15.9 Å². The van der Waals surface area contributed by atoms with E-state index in [4.69, 9.17) is 4.74 Å². The zero-order chi connectivity index (χ0) is 14.3. The molecule has 1 aliphatic rings. The summed E-state index contributed by atoms with van der Waals surface area (Å²) in [4.78, 5) is 12.5. The predicted molar refractivity (Wildman–Crippen MR) is 77.9 cm³/mol. The Labute approximate surface area is 124 Å². The Balaban J connectivity index is 2.11. The SMILES string of the molecule is Cc1ccc(C(=O)c2cc(Br)cc3c2OCC3)c(F)c1. The maximum Gasteiger partial charge on any atom is 0.199 e. The predicted octanol–water partition coefficient (Wildman–Crippen LogP) is 4.06. The number of aryl methyl sites for hydroxylation is 1. The second-order valence-corrected chi connectivity index (χ2v) is 5.77. The van der Waals surface area contributed by atoms with E-state index in [0.717, 1.165) is 22.0 Å². The minimum Gasteiger partial charge on any atom is -0.492 e. The van der Waals surface area contributed by atoms with Crippen molar-refractivity contribution in [2.75, 3.05) is 6.61 Å². The van der Waals surface area contributed by atoms with Gasteiger partial charge in [0.25, 0.3) is 0 Å². The van der Waals surface area contributed by atoms with Gasteiger partial charge in [0.15, 0.2) is 5.78 Å². The van der Waals surface area contributed by atoms with Gasteiger partial charge in [-0.1, -0.05) is 22.0 Å². The number of ketones is 1. The number of fused-ring (bicyclic) bond motifs is 1. The second kappa shape index (κ2) is 5.02. The van der Waals surface area contributed by atoms with Crippen LogP contribution in [0.25, 0.3) is 0 Å². The third-order valence-corrected chi connectivity index (χ3v) is 3.82. The number of ether oxygens (including phenoxy) is 1. The van der Waals surface area contributed by atoms with E-state index in [1.54, 1.807) is 19.1 Å². The highest BCUT2D eigenvalue weighted by molar-refractivity contribution is 9.10. The van der Waals surface area contributed by atoms with Gasteiger partial charge in [0.2, 0.25) is 0 Å². The van der Waals surface area contributed by atoms with Crippen molar-refractivity contribution in [3.63, 3.8) is 0 Å². The van der Waals surface area contributed by atoms with Gasteiger partial charge in [0.05, 0.1) is 17.7 Å². The number of hydrogen-bond acceptors (Lipinski definition) is 2. The van der Waals surface area contributed by atoms with Gasteiger partial charge in [0.1, 0.15) is 11.6 Å². The zero-order valence-electron chi connectivity index (χ0n) is 10.9. The highest BCUT2D eigenvalue weighted by atomic mass is 79.9. The van der Waals surface area contributed by atoms with Crippen LogP contribution in [0.4, 0.5) is 4.39 Å². The highest BCUT2D eigenvalue weighted by Crippen LogP contribution is 2.34. The Kier molecular flexibility index (Phi) is 3.34. The van der Waals surface area contributed by atoms with E-state index in [9.17, 15) is 9.18 Å². The summed E-state index contributed by atoms with van der Waals surface area (Å²) >= 11 is 3.39. The van der Waals surface area contributed by atoms with E-state index < -0.39 is 5.82 Å². The molecule has 0 fully saturated rings. The van der Waals surface area contributed by atoms with Crippen LogP contribution < -0.4 is 4.74 Å². The molecule has 0 unspecified atom stereocenters. The molecule has 4 heteroatoms. The van der Waals surface area contributed by atoms with E-state index >= 15 is 0 Å². The van der Waals surface area contributed by atoms with Crippen LogP contribution in [0.3, 0.4) is 0 Å². The van der Waals surface area contributed by atoms with Crippen molar-refractivity contribution < 1.29 is 13.9 Å². The van der Waals surface area contributed by atoms with Gasteiger partial charge < -0.3 is 4.74 Å². The molecule has 0 N–H and O–H groups in total. The summed E-state index contributed by atoms with van der Waals surface area (Å²) in [6, 6.07) is 8.24. The Bertz CT molecular complexity index is 710. The smallest absolute Gasteiger partial charge is 0.199 e. The van der Waals surface area contributed by atoms with E-state index in [2.05, 4.69) is 15.9 Å². The first-order chi connectivity index (χ1) is 9.56. The van der Waals surface area contributed by atoms with Crippen LogP contribution in [0.2, 0.25) is 0 Å². The summed E-state index contributed by atoms with van der Waals surface area (Å²) in [5.41, 5.74) is 2.26. The Morgan fingerprint density at radius 2 is 2.05 bits per heavy atom. The molecular weight excluding hydrogens is 323 g/mol. The topological polar surface area (TPSA) is 26.3 Å². The molecule has 1 aliphatic heterocycles. The van der Waals surface area contributed by atoms with Crippen LogP contribution in [0, 0.1) is 12.7 Å². The van der Waals surface area contributed by atoms with Gasteiger partial charge in [-0.3, -0.25) is 4.79 Å². The summed E-state index contributed by atoms with van der Waals surface area (Å²) in [5, 5.41) is 0. The first-order valence-electron chi connectivity index (χ1n) is 6.32. The summed E-state index contributed by atoms with van der Waals surface area (Å²) in [6.07, 6.45) is 0.769. The molecule has 0 atom stereocenters. The number of halogens is 2. The van der Waals surface area contributed by atoms with Crippen molar-refractivity contribution in [2.45, 2.75) is 13.3 Å². The molecule has 0 spiro atoms. The van der Waals surface area contributed by atoms with Crippen LogP contribution in [-0.2, 0) is 6.42 Å². The minimum atomic E-state index is -0.498. The summed E-state index contributed by atoms with van der Waals surface area (Å²) in [6.45, 7) is 2.35. The van der Waals surface area contributed by atoms with Gasteiger partial charge in [-0.15, -0.1) is 0 Å². The quantitative estimate of drug-likeness (QED) is 0.774. The second-order valence-electron chi connectivity index (χ2n) is 4.85. The van der Waals surface area contributed by atoms with Crippen molar-refractivity contribution in [3.05, 3.63) is 62.9 Å². The molecular formula is C16H12BrFO2. The average molecular weight is 335 g/mol. The number of carbonyl (C=O) groups is 1. The number of carbonyl (C=O) groups excluding carboxylic acids is 1. The van der Waals surface area contributed by atoms with E-state index in [0.29, 0.717) is 17.9 Å². The Morgan fingerprint density at radius 3 is 2.80 bits per heavy atom. The van der Waals surface area contributed by atoms with E-state index in [1.165, 1.54) is 12.1 Å². The number of rotatable bonds is 2. The van der Waals surface area contributed by atoms with Crippen LogP contribution in [-0.4, -0.2) is 12.4 Å².